The van der Waals surface area contributed by atoms with E-state index in [1.165, 1.54) is 22.9 Å². The van der Waals surface area contributed by atoms with Crippen LogP contribution in [0.5, 0.6) is 0 Å². The van der Waals surface area contributed by atoms with Crippen molar-refractivity contribution in [1.82, 2.24) is 9.55 Å². The molecule has 6 nitrogen and oxygen atoms in total. The van der Waals surface area contributed by atoms with Crippen LogP contribution in [0, 0.1) is 10.1 Å². The van der Waals surface area contributed by atoms with Crippen molar-refractivity contribution in [1.29, 1.82) is 0 Å². The summed E-state index contributed by atoms with van der Waals surface area (Å²) in [5, 5.41) is 18.9. The van der Waals surface area contributed by atoms with Gasteiger partial charge in [0.05, 0.1) is 13.7 Å². The van der Waals surface area contributed by atoms with Gasteiger partial charge < -0.3 is 15.2 Å². The van der Waals surface area contributed by atoms with E-state index in [0.717, 1.165) is 0 Å². The number of aromatic nitrogens is 2. The molecule has 0 amide bonds. The SMILES string of the molecule is Cn1c([N+](=O)[O-])cnc1C=CCO. The molecule has 1 N–H and O–H groups in total. The Morgan fingerprint density at radius 2 is 2.54 bits per heavy atom. The van der Waals surface area contributed by atoms with Gasteiger partial charge in [-0.15, -0.1) is 0 Å². The third-order valence-electron chi connectivity index (χ3n) is 1.56. The molecule has 1 rings (SSSR count). The van der Waals surface area contributed by atoms with E-state index in [4.69, 9.17) is 5.11 Å². The van der Waals surface area contributed by atoms with Crippen molar-refractivity contribution in [2.45, 2.75) is 0 Å². The van der Waals surface area contributed by atoms with Crippen molar-refractivity contribution in [3.05, 3.63) is 28.2 Å². The Labute approximate surface area is 74.3 Å². The van der Waals surface area contributed by atoms with Gasteiger partial charge in [-0.05, 0) is 4.92 Å². The number of rotatable bonds is 3. The van der Waals surface area contributed by atoms with E-state index in [1.807, 2.05) is 0 Å². The zero-order valence-electron chi connectivity index (χ0n) is 7.04. The highest BCUT2D eigenvalue weighted by molar-refractivity contribution is 5.43. The molecule has 6 heteroatoms. The number of nitrogens with zero attached hydrogens (tertiary/aromatic N) is 3. The predicted octanol–water partition coefficient (Wildman–Crippen LogP) is 0.334. The Hall–Kier alpha value is -1.69. The molecule has 0 aliphatic carbocycles. The minimum atomic E-state index is -0.511. The highest BCUT2D eigenvalue weighted by atomic mass is 16.6. The molecule has 70 valence electrons. The topological polar surface area (TPSA) is 81.2 Å². The van der Waals surface area contributed by atoms with E-state index in [-0.39, 0.29) is 12.4 Å². The second-order valence-corrected chi connectivity index (χ2v) is 2.38. The van der Waals surface area contributed by atoms with Gasteiger partial charge in [-0.25, -0.2) is 9.55 Å². The van der Waals surface area contributed by atoms with Crippen LogP contribution in [0.15, 0.2) is 12.3 Å². The van der Waals surface area contributed by atoms with Crippen LogP contribution in [0.2, 0.25) is 0 Å². The van der Waals surface area contributed by atoms with Gasteiger partial charge in [0.1, 0.15) is 6.20 Å². The van der Waals surface area contributed by atoms with Crippen LogP contribution in [-0.4, -0.2) is 26.2 Å². The average molecular weight is 183 g/mol. The summed E-state index contributed by atoms with van der Waals surface area (Å²) in [4.78, 5) is 13.7. The summed E-state index contributed by atoms with van der Waals surface area (Å²) < 4.78 is 1.34. The monoisotopic (exact) mass is 183 g/mol. The second kappa shape index (κ2) is 3.81. The molecule has 0 spiro atoms. The first-order chi connectivity index (χ1) is 6.16. The number of aliphatic hydroxyl groups is 1. The van der Waals surface area contributed by atoms with E-state index >= 15 is 0 Å². The van der Waals surface area contributed by atoms with Crippen LogP contribution in [0.25, 0.3) is 6.08 Å². The van der Waals surface area contributed by atoms with E-state index in [9.17, 15) is 10.1 Å². The fourth-order valence-electron chi connectivity index (χ4n) is 0.897. The van der Waals surface area contributed by atoms with Gasteiger partial charge in [-0.2, -0.15) is 0 Å². The van der Waals surface area contributed by atoms with Crippen molar-refractivity contribution in [2.75, 3.05) is 6.61 Å². The van der Waals surface area contributed by atoms with Crippen molar-refractivity contribution < 1.29 is 10.0 Å². The van der Waals surface area contributed by atoms with Crippen molar-refractivity contribution >= 4 is 11.9 Å². The van der Waals surface area contributed by atoms with Gasteiger partial charge in [0.15, 0.2) is 0 Å². The van der Waals surface area contributed by atoms with Crippen LogP contribution >= 0.6 is 0 Å². The number of aliphatic hydroxyl groups excluding tert-OH is 1. The first kappa shape index (κ1) is 9.40. The molecule has 13 heavy (non-hydrogen) atoms. The number of hydrogen-bond acceptors (Lipinski definition) is 4. The second-order valence-electron chi connectivity index (χ2n) is 2.38. The molecule has 0 bridgehead atoms. The van der Waals surface area contributed by atoms with Crippen molar-refractivity contribution in [2.24, 2.45) is 7.05 Å². The molecule has 0 fully saturated rings. The summed E-state index contributed by atoms with van der Waals surface area (Å²) in [7, 11) is 1.54. The predicted molar refractivity (Wildman–Crippen MR) is 46.0 cm³/mol. The fourth-order valence-corrected chi connectivity index (χ4v) is 0.897. The van der Waals surface area contributed by atoms with Crippen LogP contribution in [0.1, 0.15) is 5.82 Å². The van der Waals surface area contributed by atoms with E-state index in [1.54, 1.807) is 7.05 Å². The van der Waals surface area contributed by atoms with Gasteiger partial charge in [0.2, 0.25) is 5.82 Å². The number of nitro groups is 1. The zero-order valence-corrected chi connectivity index (χ0v) is 7.04. The lowest BCUT2D eigenvalue weighted by atomic mass is 10.5. The van der Waals surface area contributed by atoms with Crippen molar-refractivity contribution in [3.63, 3.8) is 0 Å². The third kappa shape index (κ3) is 1.91. The van der Waals surface area contributed by atoms with Crippen LogP contribution < -0.4 is 0 Å². The average Bonchev–Trinajstić information content (AvgIpc) is 2.43. The van der Waals surface area contributed by atoms with E-state index in [0.29, 0.717) is 5.82 Å². The molecule has 0 aliphatic rings. The normalized spacial score (nSPS) is 10.9. The molecular formula is C7H9N3O3. The van der Waals surface area contributed by atoms with Gasteiger partial charge in [-0.1, -0.05) is 6.08 Å². The fraction of sp³-hybridized carbons (Fsp3) is 0.286. The third-order valence-corrected chi connectivity index (χ3v) is 1.56. The van der Waals surface area contributed by atoms with E-state index < -0.39 is 4.92 Å². The number of imidazole rings is 1. The van der Waals surface area contributed by atoms with Gasteiger partial charge in [0.25, 0.3) is 0 Å². The summed E-state index contributed by atoms with van der Waals surface area (Å²) in [5.74, 6) is 0.373. The minimum absolute atomic E-state index is 0.0717. The Morgan fingerprint density at radius 3 is 3.00 bits per heavy atom. The van der Waals surface area contributed by atoms with Crippen LogP contribution in [0.3, 0.4) is 0 Å². The molecule has 0 unspecified atom stereocenters. The first-order valence-electron chi connectivity index (χ1n) is 3.60. The van der Waals surface area contributed by atoms with Crippen LogP contribution in [0.4, 0.5) is 5.82 Å². The summed E-state index contributed by atoms with van der Waals surface area (Å²) in [6, 6.07) is 0. The lowest BCUT2D eigenvalue weighted by molar-refractivity contribution is -0.391. The molecule has 1 aromatic heterocycles. The summed E-state index contributed by atoms with van der Waals surface area (Å²) in [5.41, 5.74) is 0. The maximum absolute atomic E-state index is 10.4. The van der Waals surface area contributed by atoms with Crippen molar-refractivity contribution in [3.8, 4) is 0 Å². The largest absolute Gasteiger partial charge is 0.392 e. The van der Waals surface area contributed by atoms with E-state index in [2.05, 4.69) is 4.98 Å². The molecule has 0 aliphatic heterocycles. The summed E-state index contributed by atoms with van der Waals surface area (Å²) in [6.07, 6.45) is 4.16. The molecule has 0 saturated carbocycles. The zero-order chi connectivity index (χ0) is 9.84. The highest BCUT2D eigenvalue weighted by Crippen LogP contribution is 2.12. The molecule has 0 aromatic carbocycles. The summed E-state index contributed by atoms with van der Waals surface area (Å²) >= 11 is 0. The Bertz CT molecular complexity index is 343. The molecule has 0 atom stereocenters. The maximum Gasteiger partial charge on any atom is 0.342 e. The summed E-state index contributed by atoms with van der Waals surface area (Å²) in [6.45, 7) is -0.110. The van der Waals surface area contributed by atoms with Gasteiger partial charge in [0, 0.05) is 6.08 Å². The molecular weight excluding hydrogens is 174 g/mol. The maximum atomic E-state index is 10.4. The smallest absolute Gasteiger partial charge is 0.342 e. The Morgan fingerprint density at radius 1 is 1.85 bits per heavy atom. The molecule has 1 heterocycles. The number of hydrogen-bond donors (Lipinski definition) is 1. The van der Waals surface area contributed by atoms with Gasteiger partial charge in [-0.3, -0.25) is 0 Å². The molecule has 1 aromatic rings. The standard InChI is InChI=1S/C7H9N3O3/c1-9-6(3-2-4-11)8-5-7(9)10(12)13/h2-3,5,11H,4H2,1H3. The Balaban J connectivity index is 2.99. The lowest BCUT2D eigenvalue weighted by Gasteiger charge is -1.93. The Kier molecular flexibility index (Phi) is 2.76. The molecule has 0 radical (unpaired) electrons. The van der Waals surface area contributed by atoms with Crippen LogP contribution in [-0.2, 0) is 7.05 Å². The van der Waals surface area contributed by atoms with Gasteiger partial charge >= 0.3 is 5.82 Å². The quantitative estimate of drug-likeness (QED) is 0.541. The lowest BCUT2D eigenvalue weighted by Crippen LogP contribution is -1.98. The first-order valence-corrected chi connectivity index (χ1v) is 3.60. The minimum Gasteiger partial charge on any atom is -0.392 e. The highest BCUT2D eigenvalue weighted by Gasteiger charge is 2.13. The molecule has 0 saturated heterocycles.